The van der Waals surface area contributed by atoms with Gasteiger partial charge in [0.05, 0.1) is 31.9 Å². The second-order valence-electron chi connectivity index (χ2n) is 12.5. The smallest absolute Gasteiger partial charge is 0.265 e. The van der Waals surface area contributed by atoms with Crippen LogP contribution < -0.4 is 23.8 Å². The van der Waals surface area contributed by atoms with Crippen molar-refractivity contribution in [1.82, 2.24) is 10.2 Å². The highest BCUT2D eigenvalue weighted by molar-refractivity contribution is 7.92. The van der Waals surface area contributed by atoms with Crippen LogP contribution in [0.1, 0.15) is 43.2 Å². The summed E-state index contributed by atoms with van der Waals surface area (Å²) < 4.78 is 60.5. The second-order valence-corrected chi connectivity index (χ2v) is 14.8. The van der Waals surface area contributed by atoms with Gasteiger partial charge in [0.2, 0.25) is 11.8 Å². The lowest BCUT2D eigenvalue weighted by Gasteiger charge is -2.35. The van der Waals surface area contributed by atoms with E-state index in [0.29, 0.717) is 11.3 Å². The van der Waals surface area contributed by atoms with Gasteiger partial charge in [-0.15, -0.1) is 0 Å². The molecular weight excluding hydrogens is 709 g/mol. The quantitative estimate of drug-likeness (QED) is 0.142. The maximum absolute atomic E-state index is 14.9. The molecule has 0 heterocycles. The van der Waals surface area contributed by atoms with Crippen LogP contribution in [0, 0.1) is 5.82 Å². The van der Waals surface area contributed by atoms with E-state index in [4.69, 9.17) is 25.8 Å². The largest absolute Gasteiger partial charge is 0.495 e. The molecule has 2 amide bonds. The van der Waals surface area contributed by atoms with Crippen LogP contribution >= 0.6 is 11.6 Å². The minimum atomic E-state index is -4.53. The summed E-state index contributed by atoms with van der Waals surface area (Å²) in [5, 5.41) is 3.37. The Balaban J connectivity index is 1.62. The molecule has 1 saturated carbocycles. The summed E-state index contributed by atoms with van der Waals surface area (Å²) in [6, 6.07) is 22.3. The molecular formula is C39H43ClFN3O7S. The Morgan fingerprint density at radius 2 is 1.48 bits per heavy atom. The Hall–Kier alpha value is -4.81. The third kappa shape index (κ3) is 9.34. The van der Waals surface area contributed by atoms with Crippen LogP contribution in [0.4, 0.5) is 10.1 Å². The molecule has 0 radical (unpaired) electrons. The summed E-state index contributed by atoms with van der Waals surface area (Å²) in [4.78, 5) is 30.3. The van der Waals surface area contributed by atoms with Crippen LogP contribution in [0.5, 0.6) is 17.2 Å². The van der Waals surface area contributed by atoms with Gasteiger partial charge in [-0.3, -0.25) is 13.9 Å². The molecule has 0 saturated heterocycles. The zero-order chi connectivity index (χ0) is 37.3. The molecule has 4 aromatic rings. The summed E-state index contributed by atoms with van der Waals surface area (Å²) in [7, 11) is -0.344. The van der Waals surface area contributed by atoms with Gasteiger partial charge in [0, 0.05) is 30.1 Å². The number of nitrogens with zero attached hydrogens (tertiary/aromatic N) is 2. The van der Waals surface area contributed by atoms with Crippen molar-refractivity contribution < 1.29 is 36.6 Å². The van der Waals surface area contributed by atoms with Crippen molar-refractivity contribution in [2.45, 2.75) is 62.0 Å². The molecule has 0 aliphatic heterocycles. The van der Waals surface area contributed by atoms with Gasteiger partial charge in [-0.2, -0.15) is 0 Å². The molecule has 1 aliphatic carbocycles. The number of methoxy groups -OCH3 is 3. The predicted molar refractivity (Wildman–Crippen MR) is 198 cm³/mol. The average molecular weight is 752 g/mol. The molecule has 0 unspecified atom stereocenters. The normalized spacial score (nSPS) is 13.9. The molecule has 0 spiro atoms. The third-order valence-corrected chi connectivity index (χ3v) is 11.1. The monoisotopic (exact) mass is 751 g/mol. The number of halogens is 2. The summed E-state index contributed by atoms with van der Waals surface area (Å²) in [5.74, 6) is -0.897. The van der Waals surface area contributed by atoms with Crippen LogP contribution in [0.15, 0.2) is 95.9 Å². The van der Waals surface area contributed by atoms with E-state index in [1.807, 2.05) is 30.3 Å². The van der Waals surface area contributed by atoms with Gasteiger partial charge in [0.25, 0.3) is 10.0 Å². The van der Waals surface area contributed by atoms with Crippen LogP contribution in [-0.4, -0.2) is 65.1 Å². The maximum atomic E-state index is 14.9. The number of nitrogens with one attached hydrogen (secondary N) is 1. The highest BCUT2D eigenvalue weighted by Gasteiger charge is 2.36. The molecule has 276 valence electrons. The van der Waals surface area contributed by atoms with Gasteiger partial charge in [-0.05, 0) is 66.4 Å². The minimum absolute atomic E-state index is 0.00568. The lowest BCUT2D eigenvalue weighted by atomic mass is 9.94. The Morgan fingerprint density at radius 3 is 2.13 bits per heavy atom. The number of carbonyl (C=O) groups is 2. The number of ether oxygens (including phenoxy) is 3. The molecule has 1 atom stereocenters. The van der Waals surface area contributed by atoms with Gasteiger partial charge in [-0.25, -0.2) is 12.8 Å². The SMILES string of the molecule is COc1ccc(S(=O)(=O)N(CC(=O)N(Cc2ccc(F)cc2)[C@@H](Cc2ccccc2)C(=O)NC2CCCCC2)c2cc(Cl)ccc2OC)cc1OC. The molecule has 1 aliphatic rings. The minimum Gasteiger partial charge on any atom is -0.495 e. The number of hydrogen-bond acceptors (Lipinski definition) is 7. The molecule has 5 rings (SSSR count). The highest BCUT2D eigenvalue weighted by atomic mass is 35.5. The van der Waals surface area contributed by atoms with E-state index in [-0.39, 0.29) is 52.0 Å². The van der Waals surface area contributed by atoms with Gasteiger partial charge in [0.15, 0.2) is 11.5 Å². The number of benzene rings is 4. The zero-order valence-corrected chi connectivity index (χ0v) is 31.0. The van der Waals surface area contributed by atoms with Gasteiger partial charge in [-0.1, -0.05) is 73.3 Å². The number of rotatable bonds is 15. The third-order valence-electron chi connectivity index (χ3n) is 9.12. The number of sulfonamides is 1. The average Bonchev–Trinajstić information content (AvgIpc) is 3.16. The van der Waals surface area contributed by atoms with E-state index in [2.05, 4.69) is 5.32 Å². The van der Waals surface area contributed by atoms with Gasteiger partial charge < -0.3 is 24.4 Å². The topological polar surface area (TPSA) is 114 Å². The molecule has 10 nitrogen and oxygen atoms in total. The first-order valence-corrected chi connectivity index (χ1v) is 18.8. The fourth-order valence-corrected chi connectivity index (χ4v) is 7.96. The van der Waals surface area contributed by atoms with E-state index < -0.39 is 34.3 Å². The first kappa shape index (κ1) is 38.4. The molecule has 0 aromatic heterocycles. The predicted octanol–water partition coefficient (Wildman–Crippen LogP) is 6.79. The Kier molecular flexibility index (Phi) is 13.0. The van der Waals surface area contributed by atoms with Crippen LogP contribution in [0.25, 0.3) is 0 Å². The lowest BCUT2D eigenvalue weighted by Crippen LogP contribution is -2.55. The summed E-state index contributed by atoms with van der Waals surface area (Å²) in [5.41, 5.74) is 1.36. The van der Waals surface area contributed by atoms with Crippen molar-refractivity contribution >= 4 is 39.1 Å². The standard InChI is InChI=1S/C39H43ClFN3O7S/c1-49-35-20-16-29(40)23-33(35)44(52(47,48)32-19-21-36(50-2)37(24-32)51-3)26-38(45)43(25-28-14-17-30(41)18-15-28)34(22-27-10-6-4-7-11-27)39(46)42-31-12-8-5-9-13-31/h4,6-7,10-11,14-21,23-24,31,34H,5,8-9,12-13,22,25-26H2,1-3H3,(H,42,46)/t34-/m0/s1. The molecule has 0 bridgehead atoms. The van der Waals surface area contributed by atoms with Gasteiger partial charge in [0.1, 0.15) is 24.2 Å². The number of amides is 2. The van der Waals surface area contributed by atoms with Crippen LogP contribution in [0.2, 0.25) is 5.02 Å². The first-order chi connectivity index (χ1) is 25.0. The van der Waals surface area contributed by atoms with E-state index in [0.717, 1.165) is 42.0 Å². The summed E-state index contributed by atoms with van der Waals surface area (Å²) >= 11 is 6.40. The van der Waals surface area contributed by atoms with Crippen molar-refractivity contribution in [3.63, 3.8) is 0 Å². The fraction of sp³-hybridized carbons (Fsp3) is 0.333. The van der Waals surface area contributed by atoms with Crippen molar-refractivity contribution in [3.8, 4) is 17.2 Å². The second kappa shape index (κ2) is 17.6. The fourth-order valence-electron chi connectivity index (χ4n) is 6.36. The van der Waals surface area contributed by atoms with Crippen molar-refractivity contribution in [3.05, 3.63) is 113 Å². The number of anilines is 1. The van der Waals surface area contributed by atoms with E-state index in [9.17, 15) is 22.4 Å². The van der Waals surface area contributed by atoms with Crippen LogP contribution in [-0.2, 0) is 32.6 Å². The van der Waals surface area contributed by atoms with Gasteiger partial charge >= 0.3 is 0 Å². The highest BCUT2D eigenvalue weighted by Crippen LogP contribution is 2.37. The Labute approximate surface area is 309 Å². The number of carbonyl (C=O) groups excluding carboxylic acids is 2. The Morgan fingerprint density at radius 1 is 0.827 bits per heavy atom. The van der Waals surface area contributed by atoms with E-state index in [1.165, 1.54) is 80.8 Å². The Bertz CT molecular complexity index is 1940. The molecule has 13 heteroatoms. The van der Waals surface area contributed by atoms with Crippen molar-refractivity contribution in [2.24, 2.45) is 0 Å². The maximum Gasteiger partial charge on any atom is 0.265 e. The summed E-state index contributed by atoms with van der Waals surface area (Å²) in [6.45, 7) is -0.845. The molecule has 1 fully saturated rings. The summed E-state index contributed by atoms with van der Waals surface area (Å²) in [6.07, 6.45) is 4.85. The van der Waals surface area contributed by atoms with E-state index >= 15 is 0 Å². The first-order valence-electron chi connectivity index (χ1n) is 17.0. The molecule has 4 aromatic carbocycles. The number of hydrogen-bond donors (Lipinski definition) is 1. The van der Waals surface area contributed by atoms with E-state index in [1.54, 1.807) is 6.07 Å². The molecule has 52 heavy (non-hydrogen) atoms. The molecule has 1 N–H and O–H groups in total. The van der Waals surface area contributed by atoms with Crippen molar-refractivity contribution in [2.75, 3.05) is 32.2 Å². The van der Waals surface area contributed by atoms with Crippen LogP contribution in [0.3, 0.4) is 0 Å². The van der Waals surface area contributed by atoms with Crippen molar-refractivity contribution in [1.29, 1.82) is 0 Å². The lowest BCUT2D eigenvalue weighted by molar-refractivity contribution is -0.140. The zero-order valence-electron chi connectivity index (χ0n) is 29.4.